The van der Waals surface area contributed by atoms with Crippen molar-refractivity contribution in [3.8, 4) is 0 Å². The molecule has 0 saturated heterocycles. The lowest BCUT2D eigenvalue weighted by molar-refractivity contribution is -0.127. The first-order valence-corrected chi connectivity index (χ1v) is 7.05. The molecular formula is C12H18B4ClNO. The molecule has 1 unspecified atom stereocenters. The first kappa shape index (κ1) is 14.8. The van der Waals surface area contributed by atoms with Crippen molar-refractivity contribution in [1.29, 1.82) is 0 Å². The minimum atomic E-state index is -0.999. The average molecular weight is 271 g/mol. The van der Waals surface area contributed by atoms with Gasteiger partial charge in [0.1, 0.15) is 15.7 Å². The molecule has 1 aliphatic rings. The van der Waals surface area contributed by atoms with Gasteiger partial charge in [0.05, 0.1) is 21.2 Å². The molecule has 2 N–H and O–H groups in total. The smallest absolute Gasteiger partial charge is 0.155 e. The maximum absolute atomic E-state index is 12.7. The van der Waals surface area contributed by atoms with Crippen LogP contribution in [0.1, 0.15) is 18.4 Å². The van der Waals surface area contributed by atoms with Gasteiger partial charge in [-0.05, 0) is 18.1 Å². The summed E-state index contributed by atoms with van der Waals surface area (Å²) in [6, 6.07) is 7.42. The zero-order chi connectivity index (χ0) is 14.5. The number of carbonyl (C=O) groups excluding carboxylic acids is 1. The van der Waals surface area contributed by atoms with Gasteiger partial charge in [0.25, 0.3) is 0 Å². The van der Waals surface area contributed by atoms with Crippen molar-refractivity contribution < 1.29 is 4.79 Å². The van der Waals surface area contributed by atoms with E-state index in [-0.39, 0.29) is 16.2 Å². The highest BCUT2D eigenvalue weighted by Gasteiger charge is 2.55. The highest BCUT2D eigenvalue weighted by Crippen LogP contribution is 2.55. The van der Waals surface area contributed by atoms with E-state index in [1.165, 1.54) is 0 Å². The fraction of sp³-hybridized carbons (Fsp3) is 0.417. The third-order valence-electron chi connectivity index (χ3n) is 4.37. The van der Waals surface area contributed by atoms with Gasteiger partial charge >= 0.3 is 0 Å². The van der Waals surface area contributed by atoms with Crippen molar-refractivity contribution in [2.24, 2.45) is 5.73 Å². The molecule has 1 fully saturated rings. The summed E-state index contributed by atoms with van der Waals surface area (Å²) >= 11 is 6.28. The van der Waals surface area contributed by atoms with E-state index in [9.17, 15) is 4.79 Å². The summed E-state index contributed by atoms with van der Waals surface area (Å²) in [7, 11) is 8.38. The monoisotopic (exact) mass is 271 g/mol. The van der Waals surface area contributed by atoms with Crippen molar-refractivity contribution in [3.05, 3.63) is 34.9 Å². The van der Waals surface area contributed by atoms with E-state index in [4.69, 9.17) is 17.3 Å². The maximum Gasteiger partial charge on any atom is 0.155 e. The van der Waals surface area contributed by atoms with Gasteiger partial charge in [0, 0.05) is 5.02 Å². The molecule has 0 heterocycles. The van der Waals surface area contributed by atoms with Crippen LogP contribution in [0.25, 0.3) is 0 Å². The first-order chi connectivity index (χ1) is 8.60. The van der Waals surface area contributed by atoms with Crippen LogP contribution in [0.5, 0.6) is 0 Å². The fourth-order valence-electron chi connectivity index (χ4n) is 3.65. The minimum Gasteiger partial charge on any atom is -0.316 e. The lowest BCUT2D eigenvalue weighted by atomic mass is 9.30. The van der Waals surface area contributed by atoms with Crippen LogP contribution in [0, 0.1) is 0 Å². The Morgan fingerprint density at radius 3 is 2.26 bits per heavy atom. The summed E-state index contributed by atoms with van der Waals surface area (Å²) in [6.45, 7) is 0. The predicted molar refractivity (Wildman–Crippen MR) is 91.1 cm³/mol. The Morgan fingerprint density at radius 1 is 1.16 bits per heavy atom. The van der Waals surface area contributed by atoms with Gasteiger partial charge in [0.15, 0.2) is 5.78 Å². The quantitative estimate of drug-likeness (QED) is 0.640. The molecule has 2 rings (SSSR count). The number of Topliss-reactive ketones (excluding diaryl/α,β-unsaturated/α-hetero) is 1. The highest BCUT2D eigenvalue weighted by atomic mass is 35.5. The molecule has 1 aliphatic carbocycles. The second-order valence-corrected chi connectivity index (χ2v) is 7.52. The van der Waals surface area contributed by atoms with E-state index in [0.29, 0.717) is 11.4 Å². The fourth-order valence-corrected chi connectivity index (χ4v) is 3.93. The predicted octanol–water partition coefficient (Wildman–Crippen LogP) is -1.38. The highest BCUT2D eigenvalue weighted by molar-refractivity contribution is 6.48. The van der Waals surface area contributed by atoms with Crippen LogP contribution in [-0.2, 0) is 10.3 Å². The van der Waals surface area contributed by atoms with Crippen molar-refractivity contribution in [1.82, 2.24) is 0 Å². The van der Waals surface area contributed by atoms with Crippen molar-refractivity contribution in [2.75, 3.05) is 0 Å². The Bertz CT molecular complexity index is 534. The second kappa shape index (κ2) is 4.46. The second-order valence-electron chi connectivity index (χ2n) is 7.11. The topological polar surface area (TPSA) is 43.1 Å². The molecule has 2 nitrogen and oxygen atoms in total. The van der Waals surface area contributed by atoms with Crippen LogP contribution in [-0.4, -0.2) is 37.2 Å². The van der Waals surface area contributed by atoms with Gasteiger partial charge in [-0.3, -0.25) is 4.79 Å². The van der Waals surface area contributed by atoms with E-state index in [1.54, 1.807) is 6.07 Å². The lowest BCUT2D eigenvalue weighted by Gasteiger charge is -2.53. The maximum atomic E-state index is 12.7. The number of hydrogen-bond donors (Lipinski definition) is 1. The van der Waals surface area contributed by atoms with E-state index in [2.05, 4.69) is 31.4 Å². The standard InChI is InChI=1S/C12H18B4ClNO/c13-10(14)5-9(19)12(18,11(15,16)6-10)7-3-1-2-4-8(7)17/h1-4H,5-6,13-16,18H2. The minimum absolute atomic E-state index is 0.00922. The van der Waals surface area contributed by atoms with Crippen LogP contribution >= 0.6 is 11.6 Å². The van der Waals surface area contributed by atoms with Crippen LogP contribution in [0.15, 0.2) is 24.3 Å². The Morgan fingerprint density at radius 2 is 1.74 bits per heavy atom. The largest absolute Gasteiger partial charge is 0.316 e. The first-order valence-electron chi connectivity index (χ1n) is 6.67. The van der Waals surface area contributed by atoms with E-state index < -0.39 is 5.54 Å². The molecule has 7 heteroatoms. The Labute approximate surface area is 123 Å². The number of benzene rings is 1. The third kappa shape index (κ3) is 2.30. The summed E-state index contributed by atoms with van der Waals surface area (Å²) < 4.78 is 0. The number of ketones is 1. The van der Waals surface area contributed by atoms with E-state index in [0.717, 1.165) is 12.0 Å². The number of hydrogen-bond acceptors (Lipinski definition) is 2. The summed E-state index contributed by atoms with van der Waals surface area (Å²) in [6.07, 6.45) is 1.39. The Balaban J connectivity index is 2.59. The zero-order valence-corrected chi connectivity index (χ0v) is 12.8. The number of carbonyl (C=O) groups is 1. The van der Waals surface area contributed by atoms with Crippen LogP contribution < -0.4 is 5.73 Å². The molecule has 1 atom stereocenters. The molecule has 19 heavy (non-hydrogen) atoms. The summed E-state index contributed by atoms with van der Waals surface area (Å²) in [5.74, 6) is 0.0850. The van der Waals surface area contributed by atoms with Gasteiger partial charge in [-0.1, -0.05) is 46.6 Å². The van der Waals surface area contributed by atoms with Crippen LogP contribution in [0.3, 0.4) is 0 Å². The molecule has 1 aromatic carbocycles. The molecule has 1 aromatic rings. The van der Waals surface area contributed by atoms with Crippen molar-refractivity contribution in [3.63, 3.8) is 0 Å². The van der Waals surface area contributed by atoms with Crippen molar-refractivity contribution >= 4 is 48.8 Å². The SMILES string of the molecule is BC1(B)CC(=O)C(N)(c2ccccc2Cl)C(B)(B)C1. The molecular weight excluding hydrogens is 253 g/mol. The molecule has 0 radical (unpaired) electrons. The summed E-state index contributed by atoms with van der Waals surface area (Å²) in [5.41, 5.74) is 6.34. The van der Waals surface area contributed by atoms with Crippen LogP contribution in [0.2, 0.25) is 15.5 Å². The van der Waals surface area contributed by atoms with Gasteiger partial charge in [-0.15, -0.1) is 0 Å². The molecule has 0 aromatic heterocycles. The molecule has 96 valence electrons. The average Bonchev–Trinajstić information content (AvgIpc) is 2.24. The number of halogens is 1. The van der Waals surface area contributed by atoms with Gasteiger partial charge in [0.2, 0.25) is 0 Å². The van der Waals surface area contributed by atoms with Crippen LogP contribution in [0.4, 0.5) is 0 Å². The van der Waals surface area contributed by atoms with E-state index >= 15 is 0 Å². The summed E-state index contributed by atoms with van der Waals surface area (Å²) in [5, 5.41) is 0.243. The third-order valence-corrected chi connectivity index (χ3v) is 4.70. The Hall–Kier alpha value is -0.600. The lowest BCUT2D eigenvalue weighted by Crippen LogP contribution is -2.60. The normalized spacial score (nSPS) is 29.1. The van der Waals surface area contributed by atoms with Gasteiger partial charge < -0.3 is 5.73 Å². The van der Waals surface area contributed by atoms with E-state index in [1.807, 2.05) is 18.2 Å². The zero-order valence-electron chi connectivity index (χ0n) is 12.1. The van der Waals surface area contributed by atoms with Crippen molar-refractivity contribution in [2.45, 2.75) is 28.8 Å². The molecule has 0 spiro atoms. The van der Waals surface area contributed by atoms with Gasteiger partial charge in [-0.25, -0.2) is 0 Å². The molecule has 0 aliphatic heterocycles. The Kier molecular flexibility index (Phi) is 3.47. The molecule has 0 amide bonds. The molecule has 1 saturated carbocycles. The summed E-state index contributed by atoms with van der Waals surface area (Å²) in [4.78, 5) is 12.7. The molecule has 0 bridgehead atoms. The van der Waals surface area contributed by atoms with Gasteiger partial charge in [-0.2, -0.15) is 0 Å². The number of rotatable bonds is 1. The number of nitrogens with two attached hydrogens (primary N) is 1.